The molecule has 0 saturated carbocycles. The average molecular weight is 313 g/mol. The summed E-state index contributed by atoms with van der Waals surface area (Å²) in [6, 6.07) is 5.26. The maximum absolute atomic E-state index is 12.5. The van der Waals surface area contributed by atoms with Gasteiger partial charge in [-0.3, -0.25) is 14.5 Å². The third-order valence-corrected chi connectivity index (χ3v) is 4.13. The van der Waals surface area contributed by atoms with Crippen LogP contribution in [0.4, 0.5) is 0 Å². The molecule has 7 heteroatoms. The number of likely N-dealkylation sites (tertiary alicyclic amines) is 1. The lowest BCUT2D eigenvalue weighted by Crippen LogP contribution is -2.38. The number of H-pyrrole nitrogens is 1. The lowest BCUT2D eigenvalue weighted by atomic mass is 10.2. The quantitative estimate of drug-likeness (QED) is 0.889. The zero-order valence-electron chi connectivity index (χ0n) is 13.0. The average Bonchev–Trinajstić information content (AvgIpc) is 3.06. The molecule has 2 aromatic heterocycles. The van der Waals surface area contributed by atoms with Gasteiger partial charge in [0.15, 0.2) is 0 Å². The normalized spacial score (nSPS) is 17.7. The predicted molar refractivity (Wildman–Crippen MR) is 84.9 cm³/mol. The molecular formula is C16H19N5O2. The van der Waals surface area contributed by atoms with Gasteiger partial charge in [-0.05, 0) is 31.7 Å². The number of nitrogens with zero attached hydrogens (tertiary/aromatic N) is 4. The van der Waals surface area contributed by atoms with E-state index < -0.39 is 0 Å². The van der Waals surface area contributed by atoms with Crippen molar-refractivity contribution in [2.75, 3.05) is 20.1 Å². The molecule has 3 rings (SSSR count). The topological polar surface area (TPSA) is 82.2 Å². The standard InChI is InChI=1S/C16H19N5O2/c1-20(11-14-17-7-3-8-18-14)12-5-9-21(10-12)16(23)13-4-2-6-19-15(13)22/h2-4,6-8,12H,5,9-11H2,1H3,(H,19,22). The SMILES string of the molecule is CN(Cc1ncccn1)C1CCN(C(=O)c2ccc[nH]c2=O)C1. The third-order valence-electron chi connectivity index (χ3n) is 4.13. The second-order valence-corrected chi connectivity index (χ2v) is 5.69. The molecule has 1 atom stereocenters. The highest BCUT2D eigenvalue weighted by Gasteiger charge is 2.30. The third kappa shape index (κ3) is 3.45. The molecule has 1 fully saturated rings. The fourth-order valence-electron chi connectivity index (χ4n) is 2.81. The van der Waals surface area contributed by atoms with Crippen molar-refractivity contribution in [2.24, 2.45) is 0 Å². The molecule has 0 bridgehead atoms. The number of amides is 1. The van der Waals surface area contributed by atoms with Gasteiger partial charge in [0.25, 0.3) is 11.5 Å². The zero-order valence-corrected chi connectivity index (χ0v) is 13.0. The lowest BCUT2D eigenvalue weighted by molar-refractivity contribution is 0.0777. The molecule has 1 saturated heterocycles. The maximum atomic E-state index is 12.5. The summed E-state index contributed by atoms with van der Waals surface area (Å²) in [4.78, 5) is 39.1. The summed E-state index contributed by atoms with van der Waals surface area (Å²) < 4.78 is 0. The van der Waals surface area contributed by atoms with E-state index in [1.54, 1.807) is 35.5 Å². The molecule has 23 heavy (non-hydrogen) atoms. The molecule has 1 N–H and O–H groups in total. The number of hydrogen-bond donors (Lipinski definition) is 1. The summed E-state index contributed by atoms with van der Waals surface area (Å²) >= 11 is 0. The Balaban J connectivity index is 1.63. The summed E-state index contributed by atoms with van der Waals surface area (Å²) in [5.74, 6) is 0.554. The Kier molecular flexibility index (Phi) is 4.47. The van der Waals surface area contributed by atoms with Crippen molar-refractivity contribution in [3.8, 4) is 0 Å². The highest BCUT2D eigenvalue weighted by atomic mass is 16.2. The van der Waals surface area contributed by atoms with E-state index in [1.807, 2.05) is 7.05 Å². The van der Waals surface area contributed by atoms with Crippen molar-refractivity contribution in [1.29, 1.82) is 0 Å². The highest BCUT2D eigenvalue weighted by Crippen LogP contribution is 2.17. The van der Waals surface area contributed by atoms with Gasteiger partial charge in [0, 0.05) is 37.7 Å². The Labute approximate surface area is 134 Å². The molecule has 0 radical (unpaired) electrons. The molecule has 1 unspecified atom stereocenters. The Morgan fingerprint density at radius 1 is 1.39 bits per heavy atom. The van der Waals surface area contributed by atoms with Crippen LogP contribution in [0.5, 0.6) is 0 Å². The number of nitrogens with one attached hydrogen (secondary N) is 1. The maximum Gasteiger partial charge on any atom is 0.260 e. The number of pyridine rings is 1. The Hall–Kier alpha value is -2.54. The van der Waals surface area contributed by atoms with Crippen LogP contribution >= 0.6 is 0 Å². The van der Waals surface area contributed by atoms with E-state index in [9.17, 15) is 9.59 Å². The van der Waals surface area contributed by atoms with E-state index in [2.05, 4.69) is 19.9 Å². The molecule has 0 aliphatic carbocycles. The molecule has 0 spiro atoms. The number of carbonyl (C=O) groups excluding carboxylic acids is 1. The van der Waals surface area contributed by atoms with Crippen LogP contribution in [-0.2, 0) is 6.54 Å². The Morgan fingerprint density at radius 2 is 2.17 bits per heavy atom. The number of likely N-dealkylation sites (N-methyl/N-ethyl adjacent to an activating group) is 1. The Bertz CT molecular complexity index is 731. The number of rotatable bonds is 4. The van der Waals surface area contributed by atoms with Crippen molar-refractivity contribution in [2.45, 2.75) is 19.0 Å². The minimum absolute atomic E-state index is 0.196. The smallest absolute Gasteiger partial charge is 0.260 e. The van der Waals surface area contributed by atoms with Crippen LogP contribution in [0, 0.1) is 0 Å². The first-order chi connectivity index (χ1) is 11.1. The summed E-state index contributed by atoms with van der Waals surface area (Å²) in [5.41, 5.74) is -0.144. The first-order valence-corrected chi connectivity index (χ1v) is 7.58. The minimum Gasteiger partial charge on any atom is -0.337 e. The first kappa shape index (κ1) is 15.4. The minimum atomic E-state index is -0.341. The van der Waals surface area contributed by atoms with Crippen LogP contribution in [0.25, 0.3) is 0 Å². The van der Waals surface area contributed by atoms with Crippen molar-refractivity contribution in [3.63, 3.8) is 0 Å². The predicted octanol–water partition coefficient (Wildman–Crippen LogP) is 0.511. The molecule has 120 valence electrons. The van der Waals surface area contributed by atoms with E-state index >= 15 is 0 Å². The fourth-order valence-corrected chi connectivity index (χ4v) is 2.81. The van der Waals surface area contributed by atoms with Gasteiger partial charge in [-0.1, -0.05) is 0 Å². The van der Waals surface area contributed by atoms with Gasteiger partial charge in [0.05, 0.1) is 6.54 Å². The summed E-state index contributed by atoms with van der Waals surface area (Å²) in [5, 5.41) is 0. The van der Waals surface area contributed by atoms with Gasteiger partial charge in [-0.25, -0.2) is 9.97 Å². The van der Waals surface area contributed by atoms with Crippen LogP contribution in [0.15, 0.2) is 41.6 Å². The van der Waals surface area contributed by atoms with Crippen LogP contribution in [0.3, 0.4) is 0 Å². The molecule has 1 aliphatic rings. The van der Waals surface area contributed by atoms with Crippen LogP contribution in [-0.4, -0.2) is 56.8 Å². The van der Waals surface area contributed by atoms with E-state index in [0.717, 1.165) is 12.2 Å². The van der Waals surface area contributed by atoms with Gasteiger partial charge in [-0.15, -0.1) is 0 Å². The molecular weight excluding hydrogens is 294 g/mol. The summed E-state index contributed by atoms with van der Waals surface area (Å²) in [7, 11) is 2.00. The lowest BCUT2D eigenvalue weighted by Gasteiger charge is -2.23. The first-order valence-electron chi connectivity index (χ1n) is 7.58. The van der Waals surface area contributed by atoms with Crippen LogP contribution < -0.4 is 5.56 Å². The molecule has 0 aromatic carbocycles. The fraction of sp³-hybridized carbons (Fsp3) is 0.375. The van der Waals surface area contributed by atoms with E-state index in [1.165, 1.54) is 6.20 Å². The molecule has 1 aliphatic heterocycles. The number of aromatic amines is 1. The van der Waals surface area contributed by atoms with Crippen molar-refractivity contribution >= 4 is 5.91 Å². The largest absolute Gasteiger partial charge is 0.337 e. The number of hydrogen-bond acceptors (Lipinski definition) is 5. The zero-order chi connectivity index (χ0) is 16.2. The molecule has 2 aromatic rings. The van der Waals surface area contributed by atoms with Crippen molar-refractivity contribution in [1.82, 2.24) is 24.8 Å². The second-order valence-electron chi connectivity index (χ2n) is 5.69. The molecule has 7 nitrogen and oxygen atoms in total. The van der Waals surface area contributed by atoms with Crippen LogP contribution in [0.2, 0.25) is 0 Å². The van der Waals surface area contributed by atoms with E-state index in [4.69, 9.17) is 0 Å². The van der Waals surface area contributed by atoms with Gasteiger partial charge in [0.1, 0.15) is 11.4 Å². The second kappa shape index (κ2) is 6.70. The van der Waals surface area contributed by atoms with Crippen molar-refractivity contribution in [3.05, 3.63) is 58.5 Å². The van der Waals surface area contributed by atoms with Gasteiger partial charge in [0.2, 0.25) is 0 Å². The van der Waals surface area contributed by atoms with Gasteiger partial charge < -0.3 is 9.88 Å². The monoisotopic (exact) mass is 313 g/mol. The molecule has 3 heterocycles. The van der Waals surface area contributed by atoms with Crippen molar-refractivity contribution < 1.29 is 4.79 Å². The summed E-state index contributed by atoms with van der Waals surface area (Å²) in [6.45, 7) is 1.90. The van der Waals surface area contributed by atoms with E-state index in [0.29, 0.717) is 19.6 Å². The molecule has 1 amide bonds. The van der Waals surface area contributed by atoms with E-state index in [-0.39, 0.29) is 23.1 Å². The number of aromatic nitrogens is 3. The van der Waals surface area contributed by atoms with Crippen LogP contribution in [0.1, 0.15) is 22.6 Å². The highest BCUT2D eigenvalue weighted by molar-refractivity contribution is 5.94. The van der Waals surface area contributed by atoms with Gasteiger partial charge >= 0.3 is 0 Å². The van der Waals surface area contributed by atoms with Gasteiger partial charge in [-0.2, -0.15) is 0 Å². The Morgan fingerprint density at radius 3 is 2.91 bits per heavy atom. The summed E-state index contributed by atoms with van der Waals surface area (Å²) in [6.07, 6.45) is 5.85. The number of carbonyl (C=O) groups is 1.